The van der Waals surface area contributed by atoms with Gasteiger partial charge in [0.05, 0.1) is 31.8 Å². The Bertz CT molecular complexity index is 857. The maximum Gasteiger partial charge on any atom is 0.225 e. The summed E-state index contributed by atoms with van der Waals surface area (Å²) in [4.78, 5) is 26.7. The number of nitrogens with zero attached hydrogens (tertiary/aromatic N) is 3. The van der Waals surface area contributed by atoms with Crippen molar-refractivity contribution in [2.75, 3.05) is 13.7 Å². The zero-order chi connectivity index (χ0) is 20.5. The second kappa shape index (κ2) is 7.66. The van der Waals surface area contributed by atoms with Crippen molar-refractivity contribution in [1.29, 1.82) is 0 Å². The standard InChI is InChI=1S/C21H28N4O3/c1-14(26)23-18(15-6-8-17(28-5)9-7-15)10-19(27)25-13-21(2,3)20(25)16-11-22-24(4)12-16/h6-9,11-12,18,20H,10,13H2,1-5H3,(H,23,26)/t18-,20+/m1/s1. The average molecular weight is 384 g/mol. The van der Waals surface area contributed by atoms with Crippen molar-refractivity contribution >= 4 is 11.8 Å². The zero-order valence-electron chi connectivity index (χ0n) is 17.1. The lowest BCUT2D eigenvalue weighted by Gasteiger charge is -2.54. The minimum atomic E-state index is -0.380. The SMILES string of the molecule is COc1ccc([C@@H](CC(=O)N2CC(C)(C)[C@@H]2c2cnn(C)c2)NC(C)=O)cc1. The van der Waals surface area contributed by atoms with E-state index in [1.54, 1.807) is 11.8 Å². The molecule has 1 aliphatic heterocycles. The fraction of sp³-hybridized carbons (Fsp3) is 0.476. The highest BCUT2D eigenvalue weighted by Gasteiger charge is 2.49. The molecule has 1 N–H and O–H groups in total. The molecule has 0 radical (unpaired) electrons. The molecule has 0 spiro atoms. The van der Waals surface area contributed by atoms with Crippen molar-refractivity contribution in [3.63, 3.8) is 0 Å². The highest BCUT2D eigenvalue weighted by molar-refractivity contribution is 5.80. The average Bonchev–Trinajstić information content (AvgIpc) is 3.04. The van der Waals surface area contributed by atoms with Gasteiger partial charge in [0.2, 0.25) is 11.8 Å². The molecule has 1 aromatic heterocycles. The van der Waals surface area contributed by atoms with Gasteiger partial charge in [-0.3, -0.25) is 14.3 Å². The Morgan fingerprint density at radius 3 is 2.50 bits per heavy atom. The van der Waals surface area contributed by atoms with Gasteiger partial charge < -0.3 is 15.0 Å². The summed E-state index contributed by atoms with van der Waals surface area (Å²) in [5.41, 5.74) is 1.90. The molecule has 2 heterocycles. The van der Waals surface area contributed by atoms with E-state index >= 15 is 0 Å². The molecule has 1 fully saturated rings. The Morgan fingerprint density at radius 2 is 2.00 bits per heavy atom. The van der Waals surface area contributed by atoms with E-state index in [2.05, 4.69) is 24.3 Å². The number of carbonyl (C=O) groups excluding carboxylic acids is 2. The van der Waals surface area contributed by atoms with Crippen LogP contribution in [0.15, 0.2) is 36.7 Å². The van der Waals surface area contributed by atoms with Gasteiger partial charge in [-0.15, -0.1) is 0 Å². The van der Waals surface area contributed by atoms with Gasteiger partial charge >= 0.3 is 0 Å². The highest BCUT2D eigenvalue weighted by Crippen LogP contribution is 2.48. The number of nitrogens with one attached hydrogen (secondary N) is 1. The van der Waals surface area contributed by atoms with Crippen LogP contribution < -0.4 is 10.1 Å². The number of aromatic nitrogens is 2. The third-order valence-electron chi connectivity index (χ3n) is 5.27. The van der Waals surface area contributed by atoms with E-state index in [9.17, 15) is 9.59 Å². The van der Waals surface area contributed by atoms with Gasteiger partial charge in [0.15, 0.2) is 0 Å². The minimum Gasteiger partial charge on any atom is -0.497 e. The number of aryl methyl sites for hydroxylation is 1. The predicted octanol–water partition coefficient (Wildman–Crippen LogP) is 2.61. The van der Waals surface area contributed by atoms with Gasteiger partial charge in [-0.25, -0.2) is 0 Å². The minimum absolute atomic E-state index is 0.0115. The van der Waals surface area contributed by atoms with Crippen LogP contribution >= 0.6 is 0 Å². The monoisotopic (exact) mass is 384 g/mol. The largest absolute Gasteiger partial charge is 0.497 e. The number of hydrogen-bond acceptors (Lipinski definition) is 4. The number of hydrogen-bond donors (Lipinski definition) is 1. The van der Waals surface area contributed by atoms with Crippen molar-refractivity contribution in [2.45, 2.75) is 39.3 Å². The summed E-state index contributed by atoms with van der Waals surface area (Å²) in [7, 11) is 3.48. The fourth-order valence-electron chi connectivity index (χ4n) is 4.00. The maximum atomic E-state index is 13.1. The molecule has 0 saturated carbocycles. The van der Waals surface area contributed by atoms with Crippen LogP contribution in [-0.4, -0.2) is 40.1 Å². The molecule has 2 aromatic rings. The lowest BCUT2D eigenvalue weighted by Crippen LogP contribution is -2.58. The first-order valence-electron chi connectivity index (χ1n) is 9.40. The van der Waals surface area contributed by atoms with Crippen LogP contribution in [0.2, 0.25) is 0 Å². The molecular formula is C21H28N4O3. The van der Waals surface area contributed by atoms with Crippen LogP contribution in [0.5, 0.6) is 5.75 Å². The molecule has 1 aromatic carbocycles. The first-order valence-corrected chi connectivity index (χ1v) is 9.40. The number of likely N-dealkylation sites (tertiary alicyclic amines) is 1. The fourth-order valence-corrected chi connectivity index (χ4v) is 4.00. The van der Waals surface area contributed by atoms with Gasteiger partial charge in [0.1, 0.15) is 5.75 Å². The lowest BCUT2D eigenvalue weighted by atomic mass is 9.72. The van der Waals surface area contributed by atoms with E-state index in [1.807, 2.05) is 48.6 Å². The molecule has 150 valence electrons. The van der Waals surface area contributed by atoms with Crippen molar-refractivity contribution in [3.05, 3.63) is 47.8 Å². The summed E-state index contributed by atoms with van der Waals surface area (Å²) in [6, 6.07) is 7.03. The molecule has 28 heavy (non-hydrogen) atoms. The molecule has 0 bridgehead atoms. The molecule has 1 saturated heterocycles. The van der Waals surface area contributed by atoms with Crippen molar-refractivity contribution in [3.8, 4) is 5.75 Å². The first-order chi connectivity index (χ1) is 13.2. The second-order valence-corrected chi connectivity index (χ2v) is 8.09. The maximum absolute atomic E-state index is 13.1. The van der Waals surface area contributed by atoms with Crippen molar-refractivity contribution in [2.24, 2.45) is 12.5 Å². The Balaban J connectivity index is 1.78. The summed E-state index contributed by atoms with van der Waals surface area (Å²) in [5, 5.41) is 7.16. The van der Waals surface area contributed by atoms with E-state index in [0.717, 1.165) is 16.9 Å². The number of amides is 2. The number of carbonyl (C=O) groups is 2. The zero-order valence-corrected chi connectivity index (χ0v) is 17.1. The van der Waals surface area contributed by atoms with E-state index in [0.29, 0.717) is 6.54 Å². The molecule has 2 atom stereocenters. The summed E-state index contributed by atoms with van der Waals surface area (Å²) in [6.07, 6.45) is 3.99. The summed E-state index contributed by atoms with van der Waals surface area (Å²) in [6.45, 7) is 6.46. The van der Waals surface area contributed by atoms with E-state index in [-0.39, 0.29) is 35.7 Å². The van der Waals surface area contributed by atoms with Gasteiger partial charge in [0.25, 0.3) is 0 Å². The van der Waals surface area contributed by atoms with Crippen LogP contribution in [0.3, 0.4) is 0 Å². The number of benzene rings is 1. The molecule has 3 rings (SSSR count). The first kappa shape index (κ1) is 19.9. The van der Waals surface area contributed by atoms with Gasteiger partial charge in [-0.1, -0.05) is 26.0 Å². The van der Waals surface area contributed by atoms with Crippen molar-refractivity contribution < 1.29 is 14.3 Å². The Labute approximate surface area is 165 Å². The molecule has 7 nitrogen and oxygen atoms in total. The number of rotatable bonds is 6. The van der Waals surface area contributed by atoms with Crippen LogP contribution in [0.1, 0.15) is 50.4 Å². The molecular weight excluding hydrogens is 356 g/mol. The highest BCUT2D eigenvalue weighted by atomic mass is 16.5. The van der Waals surface area contributed by atoms with Crippen LogP contribution in [-0.2, 0) is 16.6 Å². The normalized spacial score (nSPS) is 18.9. The molecule has 0 aliphatic carbocycles. The van der Waals surface area contributed by atoms with Gasteiger partial charge in [-0.05, 0) is 17.7 Å². The molecule has 0 unspecified atom stereocenters. The van der Waals surface area contributed by atoms with Gasteiger partial charge in [-0.2, -0.15) is 5.10 Å². The van der Waals surface area contributed by atoms with Crippen LogP contribution in [0, 0.1) is 5.41 Å². The topological polar surface area (TPSA) is 76.5 Å². The quantitative estimate of drug-likeness (QED) is 0.831. The smallest absolute Gasteiger partial charge is 0.225 e. The Hall–Kier alpha value is -2.83. The van der Waals surface area contributed by atoms with Crippen molar-refractivity contribution in [1.82, 2.24) is 20.0 Å². The van der Waals surface area contributed by atoms with E-state index in [4.69, 9.17) is 4.74 Å². The summed E-state index contributed by atoms with van der Waals surface area (Å²) in [5.74, 6) is 0.585. The van der Waals surface area contributed by atoms with Gasteiger partial charge in [0, 0.05) is 37.7 Å². The third-order valence-corrected chi connectivity index (χ3v) is 5.27. The summed E-state index contributed by atoms with van der Waals surface area (Å²) >= 11 is 0. The second-order valence-electron chi connectivity index (χ2n) is 8.09. The Kier molecular flexibility index (Phi) is 5.45. The van der Waals surface area contributed by atoms with Crippen LogP contribution in [0.25, 0.3) is 0 Å². The predicted molar refractivity (Wildman–Crippen MR) is 106 cm³/mol. The molecule has 1 aliphatic rings. The third kappa shape index (κ3) is 4.03. The molecule has 7 heteroatoms. The lowest BCUT2D eigenvalue weighted by molar-refractivity contribution is -0.152. The van der Waals surface area contributed by atoms with E-state index < -0.39 is 0 Å². The Morgan fingerprint density at radius 1 is 1.32 bits per heavy atom. The van der Waals surface area contributed by atoms with Crippen LogP contribution in [0.4, 0.5) is 0 Å². The molecule has 2 amide bonds. The number of ether oxygens (including phenoxy) is 1. The van der Waals surface area contributed by atoms with E-state index in [1.165, 1.54) is 6.92 Å². The number of methoxy groups -OCH3 is 1. The summed E-state index contributed by atoms with van der Waals surface area (Å²) < 4.78 is 6.95.